The molecule has 1 fully saturated rings. The Hall–Kier alpha value is -1.84. The van der Waals surface area contributed by atoms with Gasteiger partial charge in [-0.25, -0.2) is 4.79 Å². The normalized spacial score (nSPS) is 14.6. The zero-order valence-corrected chi connectivity index (χ0v) is 11.3. The SMILES string of the molecule is CCOC(=O)C(=O)c1cc(C)ccc1OC1CCC1. The summed E-state index contributed by atoms with van der Waals surface area (Å²) in [6, 6.07) is 5.29. The van der Waals surface area contributed by atoms with E-state index in [0.717, 1.165) is 24.8 Å². The fourth-order valence-corrected chi connectivity index (χ4v) is 1.90. The molecule has 1 saturated carbocycles. The number of carbonyl (C=O) groups is 2. The molecule has 102 valence electrons. The Kier molecular flexibility index (Phi) is 4.20. The summed E-state index contributed by atoms with van der Waals surface area (Å²) in [5.74, 6) is -0.986. The summed E-state index contributed by atoms with van der Waals surface area (Å²) in [7, 11) is 0. The smallest absolute Gasteiger partial charge is 0.379 e. The largest absolute Gasteiger partial charge is 0.490 e. The average molecular weight is 262 g/mol. The minimum Gasteiger partial charge on any atom is -0.490 e. The Bertz CT molecular complexity index is 489. The van der Waals surface area contributed by atoms with Gasteiger partial charge in [-0.2, -0.15) is 0 Å². The number of benzene rings is 1. The number of rotatable bonds is 5. The number of carbonyl (C=O) groups excluding carboxylic acids is 2. The zero-order valence-electron chi connectivity index (χ0n) is 11.3. The van der Waals surface area contributed by atoms with Gasteiger partial charge in [0.25, 0.3) is 5.78 Å². The first-order chi connectivity index (χ1) is 9.11. The lowest BCUT2D eigenvalue weighted by atomic mass is 9.96. The molecule has 1 aromatic carbocycles. The van der Waals surface area contributed by atoms with Crippen LogP contribution in [0.2, 0.25) is 0 Å². The minimum atomic E-state index is -0.827. The molecule has 0 bridgehead atoms. The van der Waals surface area contributed by atoms with Crippen LogP contribution in [0.15, 0.2) is 18.2 Å². The molecule has 0 radical (unpaired) electrons. The predicted molar refractivity (Wildman–Crippen MR) is 70.4 cm³/mol. The van der Waals surface area contributed by atoms with Crippen molar-refractivity contribution in [2.24, 2.45) is 0 Å². The molecule has 0 aliphatic heterocycles. The Balaban J connectivity index is 2.22. The highest BCUT2D eigenvalue weighted by Gasteiger charge is 2.25. The molecule has 0 saturated heterocycles. The van der Waals surface area contributed by atoms with Crippen LogP contribution in [0.3, 0.4) is 0 Å². The number of esters is 1. The van der Waals surface area contributed by atoms with Crippen molar-refractivity contribution in [3.05, 3.63) is 29.3 Å². The van der Waals surface area contributed by atoms with Gasteiger partial charge in [0.05, 0.1) is 18.3 Å². The molecule has 4 heteroatoms. The second-order valence-corrected chi connectivity index (χ2v) is 4.72. The molecule has 0 N–H and O–H groups in total. The monoisotopic (exact) mass is 262 g/mol. The van der Waals surface area contributed by atoms with E-state index in [1.807, 2.05) is 13.0 Å². The molecule has 0 unspecified atom stereocenters. The molecule has 4 nitrogen and oxygen atoms in total. The van der Waals surface area contributed by atoms with Crippen LogP contribution in [-0.2, 0) is 9.53 Å². The predicted octanol–water partition coefficient (Wildman–Crippen LogP) is 2.67. The Morgan fingerprint density at radius 3 is 2.63 bits per heavy atom. The van der Waals surface area contributed by atoms with Crippen LogP contribution in [-0.4, -0.2) is 24.5 Å². The average Bonchev–Trinajstić information content (AvgIpc) is 2.34. The van der Waals surface area contributed by atoms with E-state index in [0.29, 0.717) is 11.3 Å². The van der Waals surface area contributed by atoms with E-state index >= 15 is 0 Å². The van der Waals surface area contributed by atoms with E-state index in [2.05, 4.69) is 0 Å². The van der Waals surface area contributed by atoms with Gasteiger partial charge in [0, 0.05) is 0 Å². The maximum absolute atomic E-state index is 12.0. The van der Waals surface area contributed by atoms with Crippen LogP contribution < -0.4 is 4.74 Å². The van der Waals surface area contributed by atoms with E-state index in [9.17, 15) is 9.59 Å². The lowest BCUT2D eigenvalue weighted by molar-refractivity contribution is -0.137. The van der Waals surface area contributed by atoms with Gasteiger partial charge in [0.1, 0.15) is 5.75 Å². The maximum atomic E-state index is 12.0. The third-order valence-corrected chi connectivity index (χ3v) is 3.19. The molecule has 0 aromatic heterocycles. The van der Waals surface area contributed by atoms with Crippen LogP contribution in [0, 0.1) is 6.92 Å². The van der Waals surface area contributed by atoms with Gasteiger partial charge < -0.3 is 9.47 Å². The second-order valence-electron chi connectivity index (χ2n) is 4.72. The fourth-order valence-electron chi connectivity index (χ4n) is 1.90. The molecule has 2 rings (SSSR count). The molecule has 19 heavy (non-hydrogen) atoms. The fraction of sp³-hybridized carbons (Fsp3) is 0.467. The van der Waals surface area contributed by atoms with Crippen molar-refractivity contribution in [1.29, 1.82) is 0 Å². The number of hydrogen-bond acceptors (Lipinski definition) is 4. The number of ether oxygens (including phenoxy) is 2. The quantitative estimate of drug-likeness (QED) is 0.465. The highest BCUT2D eigenvalue weighted by Crippen LogP contribution is 2.28. The lowest BCUT2D eigenvalue weighted by Gasteiger charge is -2.27. The van der Waals surface area contributed by atoms with E-state index < -0.39 is 11.8 Å². The molecule has 0 amide bonds. The zero-order chi connectivity index (χ0) is 13.8. The summed E-state index contributed by atoms with van der Waals surface area (Å²) >= 11 is 0. The number of ketones is 1. The first-order valence-corrected chi connectivity index (χ1v) is 6.60. The first-order valence-electron chi connectivity index (χ1n) is 6.60. The summed E-state index contributed by atoms with van der Waals surface area (Å²) in [6.45, 7) is 3.73. The second kappa shape index (κ2) is 5.87. The molecule has 0 heterocycles. The van der Waals surface area contributed by atoms with Gasteiger partial charge >= 0.3 is 5.97 Å². The number of Topliss-reactive ketones (excluding diaryl/α,β-unsaturated/α-hetero) is 1. The van der Waals surface area contributed by atoms with Crippen LogP contribution in [0.4, 0.5) is 0 Å². The molecule has 0 spiro atoms. The van der Waals surface area contributed by atoms with Crippen LogP contribution in [0.25, 0.3) is 0 Å². The van der Waals surface area contributed by atoms with E-state index in [1.54, 1.807) is 19.1 Å². The van der Waals surface area contributed by atoms with Crippen molar-refractivity contribution < 1.29 is 19.1 Å². The molecular formula is C15H18O4. The van der Waals surface area contributed by atoms with Gasteiger partial charge in [-0.05, 0) is 45.2 Å². The van der Waals surface area contributed by atoms with Gasteiger partial charge in [0.2, 0.25) is 0 Å². The number of aryl methyl sites for hydroxylation is 1. The third-order valence-electron chi connectivity index (χ3n) is 3.19. The van der Waals surface area contributed by atoms with E-state index in [4.69, 9.17) is 9.47 Å². The summed E-state index contributed by atoms with van der Waals surface area (Å²) in [4.78, 5) is 23.6. The topological polar surface area (TPSA) is 52.6 Å². The molecule has 1 aromatic rings. The molecule has 1 aliphatic rings. The van der Waals surface area contributed by atoms with Crippen molar-refractivity contribution >= 4 is 11.8 Å². The van der Waals surface area contributed by atoms with Gasteiger partial charge in [-0.3, -0.25) is 4.79 Å². The lowest BCUT2D eigenvalue weighted by Crippen LogP contribution is -2.26. The maximum Gasteiger partial charge on any atom is 0.379 e. The van der Waals surface area contributed by atoms with Crippen LogP contribution >= 0.6 is 0 Å². The van der Waals surface area contributed by atoms with Gasteiger partial charge in [-0.1, -0.05) is 11.6 Å². The molecule has 1 aliphatic carbocycles. The molecular weight excluding hydrogens is 244 g/mol. The van der Waals surface area contributed by atoms with Crippen LogP contribution in [0.5, 0.6) is 5.75 Å². The van der Waals surface area contributed by atoms with Crippen molar-refractivity contribution in [1.82, 2.24) is 0 Å². The van der Waals surface area contributed by atoms with Crippen molar-refractivity contribution in [3.63, 3.8) is 0 Å². The van der Waals surface area contributed by atoms with E-state index in [-0.39, 0.29) is 12.7 Å². The van der Waals surface area contributed by atoms with Gasteiger partial charge in [-0.15, -0.1) is 0 Å². The summed E-state index contributed by atoms with van der Waals surface area (Å²) in [5, 5.41) is 0. The van der Waals surface area contributed by atoms with Crippen LogP contribution in [0.1, 0.15) is 42.1 Å². The van der Waals surface area contributed by atoms with E-state index in [1.165, 1.54) is 0 Å². The van der Waals surface area contributed by atoms with Crippen molar-refractivity contribution in [2.75, 3.05) is 6.61 Å². The highest BCUT2D eigenvalue weighted by atomic mass is 16.5. The summed E-state index contributed by atoms with van der Waals surface area (Å²) in [5.41, 5.74) is 1.21. The van der Waals surface area contributed by atoms with Crippen molar-refractivity contribution in [2.45, 2.75) is 39.2 Å². The Morgan fingerprint density at radius 1 is 1.32 bits per heavy atom. The summed E-state index contributed by atoms with van der Waals surface area (Å²) < 4.78 is 10.5. The Labute approximate surface area is 112 Å². The van der Waals surface area contributed by atoms with Gasteiger partial charge in [0.15, 0.2) is 0 Å². The van der Waals surface area contributed by atoms with Crippen molar-refractivity contribution in [3.8, 4) is 5.75 Å². The number of hydrogen-bond donors (Lipinski definition) is 0. The minimum absolute atomic E-state index is 0.163. The third kappa shape index (κ3) is 3.13. The highest BCUT2D eigenvalue weighted by molar-refractivity contribution is 6.41. The first kappa shape index (κ1) is 13.6. The Morgan fingerprint density at radius 2 is 2.05 bits per heavy atom. The molecule has 0 atom stereocenters. The standard InChI is InChI=1S/C15H18O4/c1-3-18-15(17)14(16)12-9-10(2)7-8-13(12)19-11-5-4-6-11/h7-9,11H,3-6H2,1-2H3. The summed E-state index contributed by atoms with van der Waals surface area (Å²) in [6.07, 6.45) is 3.32.